The normalized spacial score (nSPS) is 10.9. The van der Waals surface area contributed by atoms with Crippen molar-refractivity contribution in [1.82, 2.24) is 9.78 Å². The molecule has 0 saturated heterocycles. The third kappa shape index (κ3) is 4.35. The van der Waals surface area contributed by atoms with Crippen molar-refractivity contribution in [3.05, 3.63) is 63.8 Å². The standard InChI is InChI=1S/C20H17Cl2FN2O2S/c1-12-18(20(26)28)24-25(17-8-5-14(21)11-16(17)22)19(12)13-3-6-15(7-4-13)27-10-2-9-23/h3-8,11H,2,9-10H2,1H3,(H,26,28). The second-order valence-corrected chi connectivity index (χ2v) is 7.30. The molecule has 146 valence electrons. The van der Waals surface area contributed by atoms with Gasteiger partial charge in [-0.1, -0.05) is 35.8 Å². The number of ether oxygens (including phenoxy) is 1. The van der Waals surface area contributed by atoms with Crippen molar-refractivity contribution in [2.75, 3.05) is 13.3 Å². The van der Waals surface area contributed by atoms with Gasteiger partial charge in [0.05, 0.1) is 29.7 Å². The number of nitrogens with zero attached hydrogens (tertiary/aromatic N) is 2. The highest BCUT2D eigenvalue weighted by atomic mass is 35.5. The third-order valence-corrected chi connectivity index (χ3v) is 4.89. The topological polar surface area (TPSA) is 44.1 Å². The Kier molecular flexibility index (Phi) is 6.65. The highest BCUT2D eigenvalue weighted by molar-refractivity contribution is 7.97. The number of carbonyl (C=O) groups is 1. The smallest absolute Gasteiger partial charge is 0.236 e. The van der Waals surface area contributed by atoms with Crippen LogP contribution in [0.2, 0.25) is 10.0 Å². The summed E-state index contributed by atoms with van der Waals surface area (Å²) in [7, 11) is 0. The van der Waals surface area contributed by atoms with Gasteiger partial charge in [-0.25, -0.2) is 4.68 Å². The first-order valence-corrected chi connectivity index (χ1v) is 9.70. The summed E-state index contributed by atoms with van der Waals surface area (Å²) >= 11 is 16.3. The number of rotatable bonds is 7. The summed E-state index contributed by atoms with van der Waals surface area (Å²) in [6.07, 6.45) is 0.343. The van der Waals surface area contributed by atoms with Gasteiger partial charge in [0, 0.05) is 22.6 Å². The molecule has 0 atom stereocenters. The van der Waals surface area contributed by atoms with Gasteiger partial charge in [-0.15, -0.1) is 0 Å². The van der Waals surface area contributed by atoms with Gasteiger partial charge in [0.15, 0.2) is 0 Å². The second-order valence-electron chi connectivity index (χ2n) is 6.05. The zero-order valence-corrected chi connectivity index (χ0v) is 17.4. The highest BCUT2D eigenvalue weighted by Gasteiger charge is 2.21. The SMILES string of the molecule is Cc1c(C(=O)S)nn(-c2ccc(Cl)cc2Cl)c1-c1ccc(OCCCF)cc1. The lowest BCUT2D eigenvalue weighted by Gasteiger charge is -2.11. The molecule has 3 aromatic rings. The van der Waals surface area contributed by atoms with Gasteiger partial charge in [0.25, 0.3) is 0 Å². The molecule has 3 rings (SSSR count). The molecule has 0 bridgehead atoms. The number of hydrogen-bond donors (Lipinski definition) is 1. The Labute approximate surface area is 177 Å². The van der Waals surface area contributed by atoms with Gasteiger partial charge in [-0.05, 0) is 49.4 Å². The largest absolute Gasteiger partial charge is 0.493 e. The predicted octanol–water partition coefficient (Wildman–Crippen LogP) is 5.96. The van der Waals surface area contributed by atoms with Crippen LogP contribution >= 0.6 is 35.8 Å². The van der Waals surface area contributed by atoms with Crippen molar-refractivity contribution < 1.29 is 13.9 Å². The van der Waals surface area contributed by atoms with Crippen molar-refractivity contribution in [3.8, 4) is 22.7 Å². The van der Waals surface area contributed by atoms with E-state index < -0.39 is 11.8 Å². The van der Waals surface area contributed by atoms with Crippen molar-refractivity contribution in [1.29, 1.82) is 0 Å². The van der Waals surface area contributed by atoms with E-state index in [9.17, 15) is 9.18 Å². The molecule has 0 aliphatic rings. The van der Waals surface area contributed by atoms with E-state index in [1.165, 1.54) is 0 Å². The molecular formula is C20H17Cl2FN2O2S. The van der Waals surface area contributed by atoms with Crippen molar-refractivity contribution >= 4 is 40.9 Å². The molecule has 0 N–H and O–H groups in total. The summed E-state index contributed by atoms with van der Waals surface area (Å²) in [6, 6.07) is 12.3. The Hall–Kier alpha value is -2.02. The monoisotopic (exact) mass is 438 g/mol. The van der Waals surface area contributed by atoms with E-state index in [0.717, 1.165) is 5.56 Å². The average Bonchev–Trinajstić information content (AvgIpc) is 3.00. The summed E-state index contributed by atoms with van der Waals surface area (Å²) in [5.74, 6) is 0.635. The number of benzene rings is 2. The van der Waals surface area contributed by atoms with Crippen LogP contribution in [-0.2, 0) is 0 Å². The van der Waals surface area contributed by atoms with Crippen LogP contribution in [0.15, 0.2) is 42.5 Å². The van der Waals surface area contributed by atoms with Gasteiger partial charge in [0.1, 0.15) is 11.4 Å². The highest BCUT2D eigenvalue weighted by Crippen LogP contribution is 2.33. The van der Waals surface area contributed by atoms with Crippen LogP contribution in [0.4, 0.5) is 4.39 Å². The molecule has 2 aromatic carbocycles. The average molecular weight is 439 g/mol. The lowest BCUT2D eigenvalue weighted by molar-refractivity contribution is 0.108. The Bertz CT molecular complexity index is 1010. The van der Waals surface area contributed by atoms with E-state index in [-0.39, 0.29) is 5.69 Å². The van der Waals surface area contributed by atoms with Crippen LogP contribution in [0.1, 0.15) is 22.5 Å². The number of alkyl halides is 1. The molecule has 0 unspecified atom stereocenters. The summed E-state index contributed by atoms with van der Waals surface area (Å²) in [5.41, 5.74) is 3.03. The Balaban J connectivity index is 2.08. The summed E-state index contributed by atoms with van der Waals surface area (Å²) in [4.78, 5) is 11.9. The zero-order valence-electron chi connectivity index (χ0n) is 15.0. The minimum atomic E-state index is -0.436. The van der Waals surface area contributed by atoms with Gasteiger partial charge in [-0.3, -0.25) is 9.18 Å². The van der Waals surface area contributed by atoms with Gasteiger partial charge < -0.3 is 4.74 Å². The summed E-state index contributed by atoms with van der Waals surface area (Å²) in [6.45, 7) is 1.70. The first-order valence-electron chi connectivity index (χ1n) is 8.50. The number of halogens is 3. The molecule has 0 radical (unpaired) electrons. The molecule has 28 heavy (non-hydrogen) atoms. The molecule has 0 spiro atoms. The lowest BCUT2D eigenvalue weighted by Crippen LogP contribution is -2.02. The maximum atomic E-state index is 12.2. The molecule has 4 nitrogen and oxygen atoms in total. The number of thiol groups is 1. The fourth-order valence-electron chi connectivity index (χ4n) is 2.82. The predicted molar refractivity (Wildman–Crippen MR) is 113 cm³/mol. The summed E-state index contributed by atoms with van der Waals surface area (Å²) < 4.78 is 19.3. The van der Waals surface area contributed by atoms with Crippen molar-refractivity contribution in [3.63, 3.8) is 0 Å². The van der Waals surface area contributed by atoms with Crippen LogP contribution in [-0.4, -0.2) is 28.2 Å². The van der Waals surface area contributed by atoms with E-state index >= 15 is 0 Å². The summed E-state index contributed by atoms with van der Waals surface area (Å²) in [5, 5.41) is 4.89. The minimum absolute atomic E-state index is 0.243. The molecule has 0 aliphatic heterocycles. The maximum Gasteiger partial charge on any atom is 0.236 e. The Morgan fingerprint density at radius 3 is 2.54 bits per heavy atom. The van der Waals surface area contributed by atoms with E-state index in [2.05, 4.69) is 17.7 Å². The van der Waals surface area contributed by atoms with E-state index in [1.54, 1.807) is 41.9 Å². The van der Waals surface area contributed by atoms with Crippen LogP contribution in [0.25, 0.3) is 16.9 Å². The third-order valence-electron chi connectivity index (χ3n) is 4.14. The fourth-order valence-corrected chi connectivity index (χ4v) is 3.52. The van der Waals surface area contributed by atoms with Crippen LogP contribution in [0.5, 0.6) is 5.75 Å². The quantitative estimate of drug-likeness (QED) is 0.365. The minimum Gasteiger partial charge on any atom is -0.493 e. The van der Waals surface area contributed by atoms with E-state index in [1.807, 2.05) is 12.1 Å². The second kappa shape index (κ2) is 8.99. The molecule has 0 fully saturated rings. The Morgan fingerprint density at radius 1 is 1.21 bits per heavy atom. The fraction of sp³-hybridized carbons (Fsp3) is 0.200. The number of aromatic nitrogens is 2. The first kappa shape index (κ1) is 20.7. The molecular weight excluding hydrogens is 422 g/mol. The van der Waals surface area contributed by atoms with Gasteiger partial charge in [-0.2, -0.15) is 5.10 Å². The van der Waals surface area contributed by atoms with Gasteiger partial charge >= 0.3 is 0 Å². The number of hydrogen-bond acceptors (Lipinski definition) is 3. The zero-order chi connectivity index (χ0) is 20.3. The lowest BCUT2D eigenvalue weighted by atomic mass is 10.1. The van der Waals surface area contributed by atoms with Crippen LogP contribution in [0.3, 0.4) is 0 Å². The molecule has 0 aliphatic carbocycles. The number of carbonyl (C=O) groups excluding carboxylic acids is 1. The molecule has 1 aromatic heterocycles. The van der Waals surface area contributed by atoms with Crippen molar-refractivity contribution in [2.24, 2.45) is 0 Å². The van der Waals surface area contributed by atoms with E-state index in [0.29, 0.717) is 45.8 Å². The molecule has 0 saturated carbocycles. The van der Waals surface area contributed by atoms with Gasteiger partial charge in [0.2, 0.25) is 5.12 Å². The Morgan fingerprint density at radius 2 is 1.93 bits per heavy atom. The molecule has 0 amide bonds. The first-order chi connectivity index (χ1) is 13.4. The van der Waals surface area contributed by atoms with Crippen LogP contribution in [0, 0.1) is 6.92 Å². The maximum absolute atomic E-state index is 12.2. The molecule has 8 heteroatoms. The molecule has 1 heterocycles. The van der Waals surface area contributed by atoms with E-state index in [4.69, 9.17) is 27.9 Å². The van der Waals surface area contributed by atoms with Crippen LogP contribution < -0.4 is 4.74 Å². The van der Waals surface area contributed by atoms with Crippen molar-refractivity contribution in [2.45, 2.75) is 13.3 Å².